The number of rotatable bonds is 14. The van der Waals surface area contributed by atoms with Crippen molar-refractivity contribution in [3.05, 3.63) is 47.5 Å². The molecule has 0 aliphatic rings. The minimum absolute atomic E-state index is 0.677. The van der Waals surface area contributed by atoms with E-state index >= 15 is 0 Å². The number of unbranched alkanes of at least 4 members (excludes halogenated alkanes) is 11. The highest BCUT2D eigenvalue weighted by molar-refractivity contribution is 5.86. The van der Waals surface area contributed by atoms with E-state index in [0.29, 0.717) is 5.92 Å². The Morgan fingerprint density at radius 3 is 1.89 bits per heavy atom. The van der Waals surface area contributed by atoms with Crippen LogP contribution in [0.2, 0.25) is 0 Å². The molecule has 0 radical (unpaired) electrons. The molecule has 0 bridgehead atoms. The average Bonchev–Trinajstić information content (AvgIpc) is 2.68. The molecule has 150 valence electrons. The van der Waals surface area contributed by atoms with Gasteiger partial charge in [-0.1, -0.05) is 127 Å². The quantitative estimate of drug-likeness (QED) is 0.292. The molecule has 2 aromatic rings. The van der Waals surface area contributed by atoms with Gasteiger partial charge in [-0.25, -0.2) is 0 Å². The molecule has 0 aliphatic carbocycles. The number of aryl methyl sites for hydroxylation is 1. The van der Waals surface area contributed by atoms with E-state index in [1.807, 2.05) is 0 Å². The lowest BCUT2D eigenvalue weighted by Gasteiger charge is -2.14. The molecule has 0 amide bonds. The van der Waals surface area contributed by atoms with E-state index in [1.54, 1.807) is 0 Å². The van der Waals surface area contributed by atoms with Crippen LogP contribution in [0.15, 0.2) is 36.4 Å². The average molecular weight is 367 g/mol. The standard InChI is InChI=1S/C27H42/c1-4-5-6-7-8-9-10-11-12-13-14-15-18-23(2)26-21-24(3)27-20-17-16-19-25(27)22-26/h16-17,19-23H,4-15,18H2,1-3H3. The number of fused-ring (bicyclic) bond motifs is 1. The van der Waals surface area contributed by atoms with Crippen molar-refractivity contribution < 1.29 is 0 Å². The molecule has 0 heteroatoms. The normalized spacial score (nSPS) is 12.6. The van der Waals surface area contributed by atoms with E-state index in [0.717, 1.165) is 0 Å². The first-order valence-electron chi connectivity index (χ1n) is 11.7. The van der Waals surface area contributed by atoms with E-state index in [4.69, 9.17) is 0 Å². The third-order valence-corrected chi connectivity index (χ3v) is 6.15. The Hall–Kier alpha value is -1.30. The van der Waals surface area contributed by atoms with Crippen molar-refractivity contribution in [2.24, 2.45) is 0 Å². The molecule has 0 spiro atoms. The lowest BCUT2D eigenvalue weighted by Crippen LogP contribution is -1.95. The summed E-state index contributed by atoms with van der Waals surface area (Å²) in [6.07, 6.45) is 18.5. The van der Waals surface area contributed by atoms with Gasteiger partial charge in [0.15, 0.2) is 0 Å². The molecule has 27 heavy (non-hydrogen) atoms. The second kappa shape index (κ2) is 13.0. The van der Waals surface area contributed by atoms with Gasteiger partial charge in [0.25, 0.3) is 0 Å². The molecule has 0 aliphatic heterocycles. The van der Waals surface area contributed by atoms with Crippen LogP contribution >= 0.6 is 0 Å². The summed E-state index contributed by atoms with van der Waals surface area (Å²) in [5, 5.41) is 2.80. The summed E-state index contributed by atoms with van der Waals surface area (Å²) in [6, 6.07) is 13.6. The summed E-state index contributed by atoms with van der Waals surface area (Å²) >= 11 is 0. The van der Waals surface area contributed by atoms with Gasteiger partial charge in [0.05, 0.1) is 0 Å². The molecule has 0 N–H and O–H groups in total. The molecule has 0 saturated heterocycles. The molecular formula is C27H42. The number of hydrogen-bond donors (Lipinski definition) is 0. The van der Waals surface area contributed by atoms with Gasteiger partial charge >= 0.3 is 0 Å². The van der Waals surface area contributed by atoms with Crippen molar-refractivity contribution >= 4 is 10.8 Å². The maximum absolute atomic E-state index is 2.41. The van der Waals surface area contributed by atoms with Gasteiger partial charge in [0.1, 0.15) is 0 Å². The SMILES string of the molecule is CCCCCCCCCCCCCCC(C)c1cc(C)c2ccccc2c1. The minimum Gasteiger partial charge on any atom is -0.0654 e. The summed E-state index contributed by atoms with van der Waals surface area (Å²) in [5.74, 6) is 0.677. The lowest BCUT2D eigenvalue weighted by atomic mass is 9.91. The van der Waals surface area contributed by atoms with Crippen LogP contribution in [-0.4, -0.2) is 0 Å². The molecule has 0 heterocycles. The van der Waals surface area contributed by atoms with E-state index < -0.39 is 0 Å². The highest BCUT2D eigenvalue weighted by Crippen LogP contribution is 2.28. The fourth-order valence-corrected chi connectivity index (χ4v) is 4.27. The summed E-state index contributed by atoms with van der Waals surface area (Å²) in [5.41, 5.74) is 2.94. The van der Waals surface area contributed by atoms with E-state index in [9.17, 15) is 0 Å². The monoisotopic (exact) mass is 366 g/mol. The van der Waals surface area contributed by atoms with Crippen LogP contribution in [0.1, 0.15) is 114 Å². The first kappa shape index (κ1) is 22.0. The fourth-order valence-electron chi connectivity index (χ4n) is 4.27. The Morgan fingerprint density at radius 1 is 0.704 bits per heavy atom. The zero-order chi connectivity index (χ0) is 19.3. The molecule has 1 atom stereocenters. The van der Waals surface area contributed by atoms with Crippen molar-refractivity contribution in [3.63, 3.8) is 0 Å². The van der Waals surface area contributed by atoms with Crippen molar-refractivity contribution in [1.82, 2.24) is 0 Å². The number of hydrogen-bond acceptors (Lipinski definition) is 0. The Bertz CT molecular complexity index is 640. The van der Waals surface area contributed by atoms with E-state index in [1.165, 1.54) is 105 Å². The second-order valence-electron chi connectivity index (χ2n) is 8.64. The summed E-state index contributed by atoms with van der Waals surface area (Å²) in [7, 11) is 0. The topological polar surface area (TPSA) is 0 Å². The highest BCUT2D eigenvalue weighted by atomic mass is 14.1. The Morgan fingerprint density at radius 2 is 1.26 bits per heavy atom. The van der Waals surface area contributed by atoms with Gasteiger partial charge in [0.2, 0.25) is 0 Å². The molecule has 0 saturated carbocycles. The molecule has 0 aromatic heterocycles. The van der Waals surface area contributed by atoms with Crippen LogP contribution < -0.4 is 0 Å². The summed E-state index contributed by atoms with van der Waals surface area (Å²) in [4.78, 5) is 0. The first-order chi connectivity index (χ1) is 13.2. The predicted molar refractivity (Wildman–Crippen MR) is 123 cm³/mol. The van der Waals surface area contributed by atoms with Crippen molar-refractivity contribution in [2.45, 2.75) is 110 Å². The first-order valence-corrected chi connectivity index (χ1v) is 11.7. The fraction of sp³-hybridized carbons (Fsp3) is 0.630. The van der Waals surface area contributed by atoms with Gasteiger partial charge in [-0.2, -0.15) is 0 Å². The van der Waals surface area contributed by atoms with E-state index in [2.05, 4.69) is 57.2 Å². The maximum atomic E-state index is 2.41. The van der Waals surface area contributed by atoms with Crippen molar-refractivity contribution in [2.75, 3.05) is 0 Å². The van der Waals surface area contributed by atoms with Gasteiger partial charge in [-0.05, 0) is 41.2 Å². The predicted octanol–water partition coefficient (Wildman–Crippen LogP) is 9.34. The smallest absolute Gasteiger partial charge is 0.0155 e. The van der Waals surface area contributed by atoms with Crippen LogP contribution in [0.3, 0.4) is 0 Å². The van der Waals surface area contributed by atoms with Crippen molar-refractivity contribution in [1.29, 1.82) is 0 Å². The van der Waals surface area contributed by atoms with Gasteiger partial charge in [-0.3, -0.25) is 0 Å². The van der Waals surface area contributed by atoms with Crippen LogP contribution in [0, 0.1) is 6.92 Å². The van der Waals surface area contributed by atoms with Crippen LogP contribution in [-0.2, 0) is 0 Å². The molecule has 0 nitrogen and oxygen atoms in total. The highest BCUT2D eigenvalue weighted by Gasteiger charge is 2.08. The Balaban J connectivity index is 1.56. The Kier molecular flexibility index (Phi) is 10.6. The van der Waals surface area contributed by atoms with Crippen molar-refractivity contribution in [3.8, 4) is 0 Å². The third kappa shape index (κ3) is 8.08. The van der Waals surface area contributed by atoms with E-state index in [-0.39, 0.29) is 0 Å². The molecule has 2 aromatic carbocycles. The summed E-state index contributed by atoms with van der Waals surface area (Å²) < 4.78 is 0. The van der Waals surface area contributed by atoms with Gasteiger partial charge < -0.3 is 0 Å². The van der Waals surface area contributed by atoms with Gasteiger partial charge in [-0.15, -0.1) is 0 Å². The molecule has 1 unspecified atom stereocenters. The third-order valence-electron chi connectivity index (χ3n) is 6.15. The molecule has 0 fully saturated rings. The Labute approximate surface area is 168 Å². The molecule has 2 rings (SSSR count). The van der Waals surface area contributed by atoms with Gasteiger partial charge in [0, 0.05) is 0 Å². The zero-order valence-electron chi connectivity index (χ0n) is 18.2. The van der Waals surface area contributed by atoms with Crippen LogP contribution in [0.5, 0.6) is 0 Å². The second-order valence-corrected chi connectivity index (χ2v) is 8.64. The molecular weight excluding hydrogens is 324 g/mol. The largest absolute Gasteiger partial charge is 0.0654 e. The van der Waals surface area contributed by atoms with Crippen LogP contribution in [0.4, 0.5) is 0 Å². The minimum atomic E-state index is 0.677. The lowest BCUT2D eigenvalue weighted by molar-refractivity contribution is 0.528. The van der Waals surface area contributed by atoms with Crippen LogP contribution in [0.25, 0.3) is 10.8 Å². The number of benzene rings is 2. The maximum Gasteiger partial charge on any atom is -0.0155 e. The summed E-state index contributed by atoms with van der Waals surface area (Å²) in [6.45, 7) is 6.95. The zero-order valence-corrected chi connectivity index (χ0v) is 18.2.